The second-order valence-corrected chi connectivity index (χ2v) is 8.37. The van der Waals surface area contributed by atoms with Crippen molar-refractivity contribution in [2.24, 2.45) is 0 Å². The first-order chi connectivity index (χ1) is 16.6. The van der Waals surface area contributed by atoms with Gasteiger partial charge in [0, 0.05) is 17.5 Å². The summed E-state index contributed by atoms with van der Waals surface area (Å²) in [6, 6.07) is 23.1. The molecular weight excluding hydrogens is 452 g/mol. The molecule has 0 aliphatic heterocycles. The maximum absolute atomic E-state index is 13.4. The van der Waals surface area contributed by atoms with Crippen molar-refractivity contribution >= 4 is 49.2 Å². The maximum atomic E-state index is 13.4. The Balaban J connectivity index is 1.44. The molecule has 0 radical (unpaired) electrons. The topological polar surface area (TPSA) is 81.9 Å². The van der Waals surface area contributed by atoms with Crippen LogP contribution in [0.5, 0.6) is 11.5 Å². The fourth-order valence-electron chi connectivity index (χ4n) is 3.52. The summed E-state index contributed by atoms with van der Waals surface area (Å²) in [4.78, 5) is 31.1. The Bertz CT molecular complexity index is 1490. The lowest BCUT2D eigenvalue weighted by Crippen LogP contribution is -2.30. The number of thiazole rings is 1. The van der Waals surface area contributed by atoms with Gasteiger partial charge in [0.05, 0.1) is 22.5 Å². The van der Waals surface area contributed by atoms with Crippen molar-refractivity contribution in [3.8, 4) is 11.5 Å². The molecule has 0 saturated heterocycles. The van der Waals surface area contributed by atoms with E-state index in [1.807, 2.05) is 55.5 Å². The molecule has 34 heavy (non-hydrogen) atoms. The van der Waals surface area contributed by atoms with Crippen molar-refractivity contribution in [1.82, 2.24) is 4.98 Å². The van der Waals surface area contributed by atoms with Crippen LogP contribution in [0.3, 0.4) is 0 Å². The van der Waals surface area contributed by atoms with Crippen LogP contribution in [-0.2, 0) is 4.79 Å². The van der Waals surface area contributed by atoms with Gasteiger partial charge in [0.15, 0.2) is 11.7 Å². The summed E-state index contributed by atoms with van der Waals surface area (Å²) in [6.07, 6.45) is 0. The Kier molecular flexibility index (Phi) is 5.97. The third-order valence-corrected chi connectivity index (χ3v) is 6.11. The van der Waals surface area contributed by atoms with E-state index in [1.165, 1.54) is 17.4 Å². The number of hydrogen-bond donors (Lipinski definition) is 0. The smallest absolute Gasteiger partial charge is 0.336 e. The van der Waals surface area contributed by atoms with Gasteiger partial charge in [-0.2, -0.15) is 0 Å². The summed E-state index contributed by atoms with van der Waals surface area (Å²) in [5, 5.41) is 1.31. The number of carbonyl (C=O) groups is 1. The molecule has 0 aliphatic rings. The Morgan fingerprint density at radius 1 is 0.971 bits per heavy atom. The molecule has 0 atom stereocenters. The zero-order valence-corrected chi connectivity index (χ0v) is 19.1. The molecule has 2 heterocycles. The highest BCUT2D eigenvalue weighted by molar-refractivity contribution is 7.22. The average molecular weight is 473 g/mol. The van der Waals surface area contributed by atoms with Gasteiger partial charge in [-0.1, -0.05) is 23.5 Å². The SMILES string of the molecule is CCOc1ccc(N(C(=O)COc2ccc3ccc(=O)oc3c2)c2nc3ccccc3s2)cc1. The van der Waals surface area contributed by atoms with Gasteiger partial charge >= 0.3 is 5.63 Å². The number of rotatable bonds is 7. The zero-order valence-electron chi connectivity index (χ0n) is 18.3. The van der Waals surface area contributed by atoms with E-state index < -0.39 is 5.63 Å². The number of carbonyl (C=O) groups excluding carboxylic acids is 1. The molecule has 0 N–H and O–H groups in total. The molecule has 5 aromatic rings. The first-order valence-electron chi connectivity index (χ1n) is 10.7. The van der Waals surface area contributed by atoms with E-state index in [4.69, 9.17) is 13.9 Å². The molecule has 170 valence electrons. The quantitative estimate of drug-likeness (QED) is 0.289. The molecule has 5 rings (SSSR count). The number of aromatic nitrogens is 1. The molecule has 0 spiro atoms. The summed E-state index contributed by atoms with van der Waals surface area (Å²) < 4.78 is 17.5. The van der Waals surface area contributed by atoms with Crippen molar-refractivity contribution in [3.63, 3.8) is 0 Å². The maximum Gasteiger partial charge on any atom is 0.336 e. The first kappa shape index (κ1) is 21.7. The molecule has 0 aliphatic carbocycles. The van der Waals surface area contributed by atoms with E-state index in [0.717, 1.165) is 21.4 Å². The van der Waals surface area contributed by atoms with E-state index in [9.17, 15) is 9.59 Å². The number of fused-ring (bicyclic) bond motifs is 2. The van der Waals surface area contributed by atoms with E-state index in [0.29, 0.717) is 28.8 Å². The van der Waals surface area contributed by atoms with Crippen LogP contribution in [0.4, 0.5) is 10.8 Å². The fourth-order valence-corrected chi connectivity index (χ4v) is 4.52. The molecule has 3 aromatic carbocycles. The minimum atomic E-state index is -0.446. The normalized spacial score (nSPS) is 11.0. The van der Waals surface area contributed by atoms with Gasteiger partial charge in [0.2, 0.25) is 0 Å². The van der Waals surface area contributed by atoms with Crippen molar-refractivity contribution in [3.05, 3.63) is 89.3 Å². The van der Waals surface area contributed by atoms with E-state index in [2.05, 4.69) is 4.98 Å². The van der Waals surface area contributed by atoms with E-state index in [-0.39, 0.29) is 12.5 Å². The number of benzene rings is 3. The second-order valence-electron chi connectivity index (χ2n) is 7.36. The third-order valence-electron chi connectivity index (χ3n) is 5.09. The predicted molar refractivity (Wildman–Crippen MR) is 132 cm³/mol. The summed E-state index contributed by atoms with van der Waals surface area (Å²) in [7, 11) is 0. The lowest BCUT2D eigenvalue weighted by Gasteiger charge is -2.20. The van der Waals surface area contributed by atoms with Gasteiger partial charge in [-0.15, -0.1) is 0 Å². The van der Waals surface area contributed by atoms with Gasteiger partial charge in [-0.3, -0.25) is 9.69 Å². The minimum absolute atomic E-state index is 0.230. The summed E-state index contributed by atoms with van der Waals surface area (Å²) in [6.45, 7) is 2.24. The van der Waals surface area contributed by atoms with E-state index in [1.54, 1.807) is 29.2 Å². The molecule has 8 heteroatoms. The van der Waals surface area contributed by atoms with Crippen LogP contribution in [0, 0.1) is 0 Å². The monoisotopic (exact) mass is 472 g/mol. The number of anilines is 2. The van der Waals surface area contributed by atoms with Crippen LogP contribution in [0.25, 0.3) is 21.2 Å². The van der Waals surface area contributed by atoms with Crippen LogP contribution in [0.2, 0.25) is 0 Å². The molecule has 1 amide bonds. The second kappa shape index (κ2) is 9.36. The number of para-hydroxylation sites is 1. The fraction of sp³-hybridized carbons (Fsp3) is 0.115. The van der Waals surface area contributed by atoms with Crippen LogP contribution < -0.4 is 20.0 Å². The Labute approximate surface area is 198 Å². The van der Waals surface area contributed by atoms with Gasteiger partial charge < -0.3 is 13.9 Å². The number of ether oxygens (including phenoxy) is 2. The van der Waals surface area contributed by atoms with E-state index >= 15 is 0 Å². The number of hydrogen-bond acceptors (Lipinski definition) is 7. The van der Waals surface area contributed by atoms with Crippen LogP contribution in [-0.4, -0.2) is 24.1 Å². The Morgan fingerprint density at radius 3 is 2.53 bits per heavy atom. The van der Waals surface area contributed by atoms with Crippen LogP contribution >= 0.6 is 11.3 Å². The largest absolute Gasteiger partial charge is 0.494 e. The molecule has 0 fully saturated rings. The highest BCUT2D eigenvalue weighted by Gasteiger charge is 2.22. The first-order valence-corrected chi connectivity index (χ1v) is 11.5. The lowest BCUT2D eigenvalue weighted by molar-refractivity contribution is -0.119. The summed E-state index contributed by atoms with van der Waals surface area (Å²) >= 11 is 1.43. The summed E-state index contributed by atoms with van der Waals surface area (Å²) in [5.41, 5.74) is 1.42. The minimum Gasteiger partial charge on any atom is -0.494 e. The molecule has 0 unspecified atom stereocenters. The van der Waals surface area contributed by atoms with Crippen molar-refractivity contribution in [2.45, 2.75) is 6.92 Å². The number of nitrogens with zero attached hydrogens (tertiary/aromatic N) is 2. The van der Waals surface area contributed by atoms with Crippen LogP contribution in [0.15, 0.2) is 88.1 Å². The van der Waals surface area contributed by atoms with Gasteiger partial charge in [-0.05, 0) is 61.5 Å². The number of amides is 1. The molecule has 2 aromatic heterocycles. The Morgan fingerprint density at radius 2 is 1.74 bits per heavy atom. The lowest BCUT2D eigenvalue weighted by atomic mass is 10.2. The van der Waals surface area contributed by atoms with Gasteiger partial charge in [0.1, 0.15) is 17.1 Å². The molecule has 0 saturated carbocycles. The Hall–Kier alpha value is -4.17. The highest BCUT2D eigenvalue weighted by atomic mass is 32.1. The predicted octanol–water partition coefficient (Wildman–Crippen LogP) is 5.55. The van der Waals surface area contributed by atoms with Gasteiger partial charge in [-0.25, -0.2) is 9.78 Å². The van der Waals surface area contributed by atoms with Gasteiger partial charge in [0.25, 0.3) is 5.91 Å². The molecule has 7 nitrogen and oxygen atoms in total. The molecular formula is C26H20N2O5S. The summed E-state index contributed by atoms with van der Waals surface area (Å²) in [5.74, 6) is 0.848. The highest BCUT2D eigenvalue weighted by Crippen LogP contribution is 2.34. The molecule has 0 bridgehead atoms. The van der Waals surface area contributed by atoms with Crippen molar-refractivity contribution in [1.29, 1.82) is 0 Å². The zero-order chi connectivity index (χ0) is 23.5. The third kappa shape index (κ3) is 4.49. The van der Waals surface area contributed by atoms with Crippen molar-refractivity contribution < 1.29 is 18.7 Å². The van der Waals surface area contributed by atoms with Crippen molar-refractivity contribution in [2.75, 3.05) is 18.1 Å². The van der Waals surface area contributed by atoms with Crippen LogP contribution in [0.1, 0.15) is 6.92 Å². The standard InChI is InChI=1S/C26H20N2O5S/c1-2-31-19-12-9-18(10-13-19)28(26-27-21-5-3-4-6-23(21)34-26)24(29)16-32-20-11-7-17-8-14-25(30)33-22(17)15-20/h3-15H,2,16H2,1H3. The average Bonchev–Trinajstić information content (AvgIpc) is 3.27.